The van der Waals surface area contributed by atoms with Gasteiger partial charge in [0.25, 0.3) is 5.91 Å². The molecule has 0 radical (unpaired) electrons. The highest BCUT2D eigenvalue weighted by molar-refractivity contribution is 7.99. The van der Waals surface area contributed by atoms with Crippen molar-refractivity contribution < 1.29 is 4.79 Å². The molecule has 3 heterocycles. The van der Waals surface area contributed by atoms with Gasteiger partial charge in [-0.15, -0.1) is 0 Å². The van der Waals surface area contributed by atoms with E-state index in [1.165, 1.54) is 25.9 Å². The van der Waals surface area contributed by atoms with Gasteiger partial charge in [0.05, 0.1) is 0 Å². The summed E-state index contributed by atoms with van der Waals surface area (Å²) in [6.45, 7) is 4.59. The molecular weight excluding hydrogens is 342 g/mol. The zero-order valence-corrected chi connectivity index (χ0v) is 15.8. The van der Waals surface area contributed by atoms with Gasteiger partial charge in [0.2, 0.25) is 0 Å². The van der Waals surface area contributed by atoms with Crippen LogP contribution in [0.25, 0.3) is 0 Å². The van der Waals surface area contributed by atoms with E-state index in [9.17, 15) is 4.79 Å². The van der Waals surface area contributed by atoms with Gasteiger partial charge in [-0.2, -0.15) is 0 Å². The van der Waals surface area contributed by atoms with E-state index >= 15 is 0 Å². The number of nitrogens with zero attached hydrogens (tertiary/aromatic N) is 1. The molecule has 0 unspecified atom stereocenters. The molecule has 2 atom stereocenters. The third kappa shape index (κ3) is 3.60. The summed E-state index contributed by atoms with van der Waals surface area (Å²) in [6.07, 6.45) is 2.40. The van der Waals surface area contributed by atoms with Crippen LogP contribution in [0.2, 0.25) is 0 Å². The molecule has 0 aliphatic carbocycles. The van der Waals surface area contributed by atoms with Gasteiger partial charge in [0.1, 0.15) is 0 Å². The standard InChI is InChI=1S/C21H25N3OS/c1-14-20(15-10-12-24(14)13-11-15)23-21(25)16-2-6-18(7-3-16)26-19-8-4-17(22)5-9-19/h2-9,14-15,20H,10-13,22H2,1H3,(H,23,25)/t14-,20-/m0/s1. The maximum absolute atomic E-state index is 12.7. The van der Waals surface area contributed by atoms with Gasteiger partial charge in [0.15, 0.2) is 0 Å². The van der Waals surface area contributed by atoms with Gasteiger partial charge in [-0.1, -0.05) is 11.8 Å². The molecule has 0 aromatic heterocycles. The van der Waals surface area contributed by atoms with Crippen molar-refractivity contribution >= 4 is 23.4 Å². The van der Waals surface area contributed by atoms with Crippen molar-refractivity contribution in [2.24, 2.45) is 5.92 Å². The predicted octanol–water partition coefficient (Wildman–Crippen LogP) is 3.63. The van der Waals surface area contributed by atoms with Crippen LogP contribution in [0.5, 0.6) is 0 Å². The summed E-state index contributed by atoms with van der Waals surface area (Å²) in [6, 6.07) is 16.4. The summed E-state index contributed by atoms with van der Waals surface area (Å²) in [4.78, 5) is 17.4. The molecule has 3 fully saturated rings. The van der Waals surface area contributed by atoms with E-state index in [-0.39, 0.29) is 11.9 Å². The van der Waals surface area contributed by atoms with E-state index in [1.54, 1.807) is 11.8 Å². The Morgan fingerprint density at radius 1 is 1.04 bits per heavy atom. The van der Waals surface area contributed by atoms with Crippen molar-refractivity contribution in [3.63, 3.8) is 0 Å². The average molecular weight is 368 g/mol. The molecular formula is C21H25N3OS. The van der Waals surface area contributed by atoms with Crippen molar-refractivity contribution in [1.82, 2.24) is 10.2 Å². The lowest BCUT2D eigenvalue weighted by atomic mass is 9.79. The van der Waals surface area contributed by atoms with Crippen LogP contribution >= 0.6 is 11.8 Å². The lowest BCUT2D eigenvalue weighted by Crippen LogP contribution is -2.62. The second kappa shape index (κ2) is 7.33. The van der Waals surface area contributed by atoms with Gasteiger partial charge in [-0.25, -0.2) is 0 Å². The van der Waals surface area contributed by atoms with E-state index in [0.717, 1.165) is 21.0 Å². The molecule has 5 heteroatoms. The van der Waals surface area contributed by atoms with Gasteiger partial charge in [0, 0.05) is 33.1 Å². The Labute approximate surface area is 159 Å². The number of piperidine rings is 3. The zero-order chi connectivity index (χ0) is 18.1. The number of hydrogen-bond acceptors (Lipinski definition) is 4. The van der Waals surface area contributed by atoms with Gasteiger partial charge >= 0.3 is 0 Å². The highest BCUT2D eigenvalue weighted by Crippen LogP contribution is 2.32. The van der Waals surface area contributed by atoms with E-state index in [1.807, 2.05) is 48.5 Å². The van der Waals surface area contributed by atoms with Gasteiger partial charge in [-0.3, -0.25) is 9.69 Å². The van der Waals surface area contributed by atoms with Crippen LogP contribution in [0.1, 0.15) is 30.1 Å². The number of fused-ring (bicyclic) bond motifs is 3. The number of nitrogens with one attached hydrogen (secondary N) is 1. The number of rotatable bonds is 4. The fourth-order valence-corrected chi connectivity index (χ4v) is 4.94. The third-order valence-corrected chi connectivity index (χ3v) is 6.72. The second-order valence-electron chi connectivity index (χ2n) is 7.31. The largest absolute Gasteiger partial charge is 0.399 e. The minimum atomic E-state index is 0.0413. The molecule has 4 nitrogen and oxygen atoms in total. The molecule has 0 spiro atoms. The van der Waals surface area contributed by atoms with Crippen LogP contribution < -0.4 is 11.1 Å². The third-order valence-electron chi connectivity index (χ3n) is 5.71. The molecule has 3 saturated heterocycles. The van der Waals surface area contributed by atoms with Gasteiger partial charge < -0.3 is 11.1 Å². The molecule has 136 valence electrons. The van der Waals surface area contributed by atoms with E-state index in [0.29, 0.717) is 12.0 Å². The van der Waals surface area contributed by atoms with Crippen LogP contribution in [-0.2, 0) is 0 Å². The zero-order valence-electron chi connectivity index (χ0n) is 15.0. The predicted molar refractivity (Wildman–Crippen MR) is 106 cm³/mol. The topological polar surface area (TPSA) is 58.4 Å². The van der Waals surface area contributed by atoms with Crippen LogP contribution in [0.15, 0.2) is 58.3 Å². The molecule has 1 amide bonds. The summed E-state index contributed by atoms with van der Waals surface area (Å²) >= 11 is 1.67. The number of amides is 1. The quantitative estimate of drug-likeness (QED) is 0.810. The Kier molecular flexibility index (Phi) is 4.92. The Morgan fingerprint density at radius 2 is 1.62 bits per heavy atom. The first-order chi connectivity index (χ1) is 12.6. The lowest BCUT2D eigenvalue weighted by Gasteiger charge is -2.49. The monoisotopic (exact) mass is 367 g/mol. The first kappa shape index (κ1) is 17.4. The Hall–Kier alpha value is -1.98. The van der Waals surface area contributed by atoms with Crippen LogP contribution in [0, 0.1) is 5.92 Å². The van der Waals surface area contributed by atoms with Crippen molar-refractivity contribution in [3.8, 4) is 0 Å². The molecule has 3 N–H and O–H groups in total. The molecule has 5 rings (SSSR count). The molecule has 2 aromatic rings. The highest BCUT2D eigenvalue weighted by Gasteiger charge is 2.40. The Morgan fingerprint density at radius 3 is 2.19 bits per heavy atom. The summed E-state index contributed by atoms with van der Waals surface area (Å²) in [5, 5.41) is 3.29. The maximum atomic E-state index is 12.7. The number of benzene rings is 2. The number of carbonyl (C=O) groups excluding carboxylic acids is 1. The molecule has 2 aromatic carbocycles. The summed E-state index contributed by atoms with van der Waals surface area (Å²) in [5.41, 5.74) is 7.22. The van der Waals surface area contributed by atoms with Gasteiger partial charge in [-0.05, 0) is 87.3 Å². The fraction of sp³-hybridized carbons (Fsp3) is 0.381. The summed E-state index contributed by atoms with van der Waals surface area (Å²) in [7, 11) is 0. The summed E-state index contributed by atoms with van der Waals surface area (Å²) in [5.74, 6) is 0.666. The Bertz CT molecular complexity index is 765. The summed E-state index contributed by atoms with van der Waals surface area (Å²) < 4.78 is 0. The first-order valence-electron chi connectivity index (χ1n) is 9.28. The van der Waals surface area contributed by atoms with Crippen LogP contribution in [0.4, 0.5) is 5.69 Å². The second-order valence-corrected chi connectivity index (χ2v) is 8.46. The van der Waals surface area contributed by atoms with Crippen molar-refractivity contribution in [3.05, 3.63) is 54.1 Å². The minimum absolute atomic E-state index is 0.0413. The SMILES string of the molecule is C[C@H]1[C@H](NC(=O)c2ccc(Sc3ccc(N)cc3)cc2)C2CCN1CC2. The highest BCUT2D eigenvalue weighted by atomic mass is 32.2. The first-order valence-corrected chi connectivity index (χ1v) is 10.1. The number of nitrogens with two attached hydrogens (primary N) is 1. The maximum Gasteiger partial charge on any atom is 0.251 e. The Balaban J connectivity index is 1.40. The number of anilines is 1. The van der Waals surface area contributed by atoms with Crippen molar-refractivity contribution in [2.45, 2.75) is 41.6 Å². The smallest absolute Gasteiger partial charge is 0.251 e. The number of nitrogen functional groups attached to an aromatic ring is 1. The molecule has 3 aliphatic heterocycles. The van der Waals surface area contributed by atoms with Crippen LogP contribution in [-0.4, -0.2) is 36.0 Å². The van der Waals surface area contributed by atoms with E-state index < -0.39 is 0 Å². The lowest BCUT2D eigenvalue weighted by molar-refractivity contribution is 0.0217. The number of carbonyl (C=O) groups is 1. The van der Waals surface area contributed by atoms with E-state index in [2.05, 4.69) is 17.1 Å². The fourth-order valence-electron chi connectivity index (χ4n) is 4.13. The normalized spacial score (nSPS) is 27.3. The molecule has 3 aliphatic rings. The minimum Gasteiger partial charge on any atom is -0.399 e. The van der Waals surface area contributed by atoms with Crippen molar-refractivity contribution in [1.29, 1.82) is 0 Å². The molecule has 26 heavy (non-hydrogen) atoms. The molecule has 0 saturated carbocycles. The number of hydrogen-bond donors (Lipinski definition) is 2. The molecule has 2 bridgehead atoms. The average Bonchev–Trinajstić information content (AvgIpc) is 2.67. The van der Waals surface area contributed by atoms with Crippen molar-refractivity contribution in [2.75, 3.05) is 18.8 Å². The van der Waals surface area contributed by atoms with E-state index in [4.69, 9.17) is 5.73 Å². The van der Waals surface area contributed by atoms with Crippen LogP contribution in [0.3, 0.4) is 0 Å².